The number of carboxylic acids is 1. The van der Waals surface area contributed by atoms with E-state index in [1.165, 1.54) is 11.0 Å². The molecule has 0 aliphatic carbocycles. The topological polar surface area (TPSA) is 84.2 Å². The van der Waals surface area contributed by atoms with E-state index in [0.29, 0.717) is 22.3 Å². The first-order valence-electron chi connectivity index (χ1n) is 5.04. The lowest BCUT2D eigenvalue weighted by Gasteiger charge is -2.05. The molecule has 7 heteroatoms. The number of rotatable bonds is 3. The van der Waals surface area contributed by atoms with E-state index in [1.54, 1.807) is 6.92 Å². The van der Waals surface area contributed by atoms with Crippen molar-refractivity contribution in [2.45, 2.75) is 13.8 Å². The monoisotopic (exact) mass is 253 g/mol. The zero-order chi connectivity index (χ0) is 12.6. The summed E-state index contributed by atoms with van der Waals surface area (Å²) in [5.41, 5.74) is 3.04. The fourth-order valence-corrected chi connectivity index (χ4v) is 2.59. The van der Waals surface area contributed by atoms with Gasteiger partial charge in [0.25, 0.3) is 5.56 Å². The van der Waals surface area contributed by atoms with Crippen LogP contribution in [0.15, 0.2) is 11.1 Å². The molecule has 0 aromatic carbocycles. The summed E-state index contributed by atoms with van der Waals surface area (Å²) in [5.74, 6) is -1.03. The Morgan fingerprint density at radius 3 is 2.94 bits per heavy atom. The average Bonchev–Trinajstić information content (AvgIpc) is 2.61. The second-order valence-electron chi connectivity index (χ2n) is 3.47. The van der Waals surface area contributed by atoms with Gasteiger partial charge in [-0.05, 0) is 19.4 Å². The summed E-state index contributed by atoms with van der Waals surface area (Å²) in [5, 5.41) is 9.36. The number of aromatic nitrogens is 2. The van der Waals surface area contributed by atoms with Crippen LogP contribution in [0.4, 0.5) is 0 Å². The van der Waals surface area contributed by atoms with Crippen molar-refractivity contribution in [3.8, 4) is 0 Å². The molecule has 0 radical (unpaired) electrons. The quantitative estimate of drug-likeness (QED) is 0.853. The van der Waals surface area contributed by atoms with E-state index in [2.05, 4.69) is 10.4 Å². The van der Waals surface area contributed by atoms with Crippen molar-refractivity contribution >= 4 is 27.5 Å². The molecule has 0 bridgehead atoms. The van der Waals surface area contributed by atoms with E-state index in [1.807, 2.05) is 6.92 Å². The molecule has 0 saturated heterocycles. The third-order valence-corrected chi connectivity index (χ3v) is 3.56. The SMILES string of the molecule is CCNn1cnc2sc(C(=O)O)c(C)c2c1=O. The summed E-state index contributed by atoms with van der Waals surface area (Å²) >= 11 is 1.02. The number of nitrogens with one attached hydrogen (secondary N) is 1. The molecule has 90 valence electrons. The second-order valence-corrected chi connectivity index (χ2v) is 4.47. The molecule has 0 fully saturated rings. The number of thiophene rings is 1. The number of carbonyl (C=O) groups is 1. The molecule has 17 heavy (non-hydrogen) atoms. The maximum Gasteiger partial charge on any atom is 0.346 e. The van der Waals surface area contributed by atoms with Crippen molar-refractivity contribution in [1.82, 2.24) is 9.66 Å². The lowest BCUT2D eigenvalue weighted by Crippen LogP contribution is -2.28. The second kappa shape index (κ2) is 4.17. The number of aromatic carboxylic acids is 1. The van der Waals surface area contributed by atoms with Crippen molar-refractivity contribution in [1.29, 1.82) is 0 Å². The molecule has 2 rings (SSSR count). The maximum absolute atomic E-state index is 12.0. The van der Waals surface area contributed by atoms with E-state index in [0.717, 1.165) is 11.3 Å². The highest BCUT2D eigenvalue weighted by Crippen LogP contribution is 2.26. The number of fused-ring (bicyclic) bond motifs is 1. The van der Waals surface area contributed by atoms with Gasteiger partial charge in [0, 0.05) is 6.54 Å². The minimum Gasteiger partial charge on any atom is -0.477 e. The lowest BCUT2D eigenvalue weighted by molar-refractivity contribution is 0.0701. The molecule has 2 aromatic rings. The van der Waals surface area contributed by atoms with Gasteiger partial charge in [-0.15, -0.1) is 11.3 Å². The number of nitrogens with zero attached hydrogens (tertiary/aromatic N) is 2. The highest BCUT2D eigenvalue weighted by atomic mass is 32.1. The van der Waals surface area contributed by atoms with Gasteiger partial charge in [0.1, 0.15) is 16.0 Å². The van der Waals surface area contributed by atoms with Gasteiger partial charge in [-0.1, -0.05) is 0 Å². The largest absolute Gasteiger partial charge is 0.477 e. The van der Waals surface area contributed by atoms with Gasteiger partial charge in [-0.2, -0.15) is 0 Å². The molecule has 2 heterocycles. The van der Waals surface area contributed by atoms with Crippen LogP contribution < -0.4 is 11.0 Å². The van der Waals surface area contributed by atoms with Crippen molar-refractivity contribution in [2.75, 3.05) is 12.0 Å². The molecule has 6 nitrogen and oxygen atoms in total. The molecule has 2 N–H and O–H groups in total. The maximum atomic E-state index is 12.0. The Morgan fingerprint density at radius 2 is 2.35 bits per heavy atom. The minimum absolute atomic E-state index is 0.166. The molecular formula is C10H11N3O3S. The van der Waals surface area contributed by atoms with Crippen LogP contribution in [-0.4, -0.2) is 27.3 Å². The Morgan fingerprint density at radius 1 is 1.65 bits per heavy atom. The smallest absolute Gasteiger partial charge is 0.346 e. The van der Waals surface area contributed by atoms with Gasteiger partial charge in [0.15, 0.2) is 0 Å². The van der Waals surface area contributed by atoms with Crippen LogP contribution in [0.5, 0.6) is 0 Å². The van der Waals surface area contributed by atoms with Crippen LogP contribution >= 0.6 is 11.3 Å². The summed E-state index contributed by atoms with van der Waals surface area (Å²) < 4.78 is 1.27. The third kappa shape index (κ3) is 1.78. The summed E-state index contributed by atoms with van der Waals surface area (Å²) in [6.45, 7) is 4.07. The van der Waals surface area contributed by atoms with Crippen molar-refractivity contribution < 1.29 is 9.90 Å². The Labute approximate surface area is 100 Å². The molecule has 0 spiro atoms. The predicted octanol–water partition coefficient (Wildman–Crippen LogP) is 1.03. The Bertz CT molecular complexity index is 644. The van der Waals surface area contributed by atoms with Crippen molar-refractivity contribution in [3.63, 3.8) is 0 Å². The van der Waals surface area contributed by atoms with Crippen LogP contribution in [0.1, 0.15) is 22.2 Å². The Hall–Kier alpha value is -1.89. The van der Waals surface area contributed by atoms with Gasteiger partial charge >= 0.3 is 5.97 Å². The van der Waals surface area contributed by atoms with Crippen LogP contribution in [0, 0.1) is 6.92 Å². The lowest BCUT2D eigenvalue weighted by atomic mass is 10.2. The highest BCUT2D eigenvalue weighted by Gasteiger charge is 2.18. The number of carboxylic acid groups (broad SMARTS) is 1. The van der Waals surface area contributed by atoms with Gasteiger partial charge in [0.05, 0.1) is 5.39 Å². The number of hydrogen-bond donors (Lipinski definition) is 2. The van der Waals surface area contributed by atoms with Crippen LogP contribution in [0.25, 0.3) is 10.2 Å². The first kappa shape index (κ1) is 11.6. The summed E-state index contributed by atoms with van der Waals surface area (Å²) in [6.07, 6.45) is 1.37. The zero-order valence-corrected chi connectivity index (χ0v) is 10.2. The average molecular weight is 253 g/mol. The van der Waals surface area contributed by atoms with E-state index in [9.17, 15) is 9.59 Å². The normalized spacial score (nSPS) is 10.7. The fraction of sp³-hybridized carbons (Fsp3) is 0.300. The third-order valence-electron chi connectivity index (χ3n) is 2.37. The summed E-state index contributed by atoms with van der Waals surface area (Å²) in [4.78, 5) is 27.7. The Balaban J connectivity index is 2.77. The van der Waals surface area contributed by atoms with Crippen LogP contribution in [0.2, 0.25) is 0 Å². The molecule has 0 atom stereocenters. The van der Waals surface area contributed by atoms with Gasteiger partial charge in [0.2, 0.25) is 0 Å². The standard InChI is InChI=1S/C10H11N3O3S/c1-3-12-13-4-11-8-6(9(13)14)5(2)7(17-8)10(15)16/h4,12H,3H2,1-2H3,(H,15,16). The van der Waals surface area contributed by atoms with Gasteiger partial charge < -0.3 is 10.5 Å². The van der Waals surface area contributed by atoms with Gasteiger partial charge in [-0.25, -0.2) is 14.5 Å². The van der Waals surface area contributed by atoms with Crippen molar-refractivity contribution in [3.05, 3.63) is 27.1 Å². The highest BCUT2D eigenvalue weighted by molar-refractivity contribution is 7.20. The van der Waals surface area contributed by atoms with Gasteiger partial charge in [-0.3, -0.25) is 4.79 Å². The van der Waals surface area contributed by atoms with Crippen LogP contribution in [0.3, 0.4) is 0 Å². The first-order chi connectivity index (χ1) is 8.06. The summed E-state index contributed by atoms with van der Waals surface area (Å²) in [7, 11) is 0. The fourth-order valence-electron chi connectivity index (χ4n) is 1.61. The van der Waals surface area contributed by atoms with Crippen LogP contribution in [-0.2, 0) is 0 Å². The van der Waals surface area contributed by atoms with E-state index >= 15 is 0 Å². The van der Waals surface area contributed by atoms with E-state index in [4.69, 9.17) is 5.11 Å². The minimum atomic E-state index is -1.03. The first-order valence-corrected chi connectivity index (χ1v) is 5.85. The molecule has 0 aliphatic heterocycles. The number of aryl methyl sites for hydroxylation is 1. The predicted molar refractivity (Wildman–Crippen MR) is 65.5 cm³/mol. The summed E-state index contributed by atoms with van der Waals surface area (Å²) in [6, 6.07) is 0. The molecule has 0 aliphatic rings. The van der Waals surface area contributed by atoms with E-state index < -0.39 is 5.97 Å². The molecular weight excluding hydrogens is 242 g/mol. The molecule has 0 unspecified atom stereocenters. The Kier molecular flexibility index (Phi) is 2.84. The molecule has 2 aromatic heterocycles. The van der Waals surface area contributed by atoms with Crippen molar-refractivity contribution in [2.24, 2.45) is 0 Å². The zero-order valence-electron chi connectivity index (χ0n) is 9.35. The van der Waals surface area contributed by atoms with E-state index in [-0.39, 0.29) is 10.4 Å². The molecule has 0 amide bonds. The molecule has 0 saturated carbocycles. The number of hydrogen-bond acceptors (Lipinski definition) is 5.